The molecule has 15 heavy (non-hydrogen) atoms. The van der Waals surface area contributed by atoms with Gasteiger partial charge < -0.3 is 15.4 Å². The Bertz CT molecular complexity index is 337. The molecule has 82 valence electrons. The van der Waals surface area contributed by atoms with Crippen LogP contribution in [0, 0.1) is 0 Å². The van der Waals surface area contributed by atoms with Gasteiger partial charge in [0.05, 0.1) is 0 Å². The lowest BCUT2D eigenvalue weighted by atomic mass is 10.4. The van der Waals surface area contributed by atoms with Gasteiger partial charge in [0.1, 0.15) is 6.61 Å². The number of aromatic nitrogens is 3. The Hall–Kier alpha value is -1.43. The van der Waals surface area contributed by atoms with Crippen LogP contribution >= 0.6 is 0 Å². The fraction of sp³-hybridized carbons (Fsp3) is 0.667. The van der Waals surface area contributed by atoms with Gasteiger partial charge in [0.2, 0.25) is 11.9 Å². The van der Waals surface area contributed by atoms with E-state index in [4.69, 9.17) is 10.5 Å². The Morgan fingerprint density at radius 2 is 2.00 bits per heavy atom. The third-order valence-electron chi connectivity index (χ3n) is 2.35. The minimum Gasteiger partial charge on any atom is -0.377 e. The van der Waals surface area contributed by atoms with E-state index in [1.165, 1.54) is 12.8 Å². The van der Waals surface area contributed by atoms with Crippen LogP contribution in [-0.4, -0.2) is 35.2 Å². The SMILES string of the molecule is COCc1nc(N)nc(N2CCCC2)n1. The number of rotatable bonds is 3. The van der Waals surface area contributed by atoms with E-state index in [0.29, 0.717) is 18.4 Å². The van der Waals surface area contributed by atoms with Gasteiger partial charge in [0, 0.05) is 20.2 Å². The molecule has 1 aliphatic heterocycles. The van der Waals surface area contributed by atoms with E-state index in [2.05, 4.69) is 19.9 Å². The summed E-state index contributed by atoms with van der Waals surface area (Å²) in [4.78, 5) is 14.5. The molecule has 1 aromatic rings. The fourth-order valence-electron chi connectivity index (χ4n) is 1.68. The summed E-state index contributed by atoms with van der Waals surface area (Å²) in [5.74, 6) is 1.53. The Kier molecular flexibility index (Phi) is 2.96. The zero-order valence-electron chi connectivity index (χ0n) is 8.81. The molecule has 6 nitrogen and oxygen atoms in total. The summed E-state index contributed by atoms with van der Waals surface area (Å²) in [6.45, 7) is 2.36. The van der Waals surface area contributed by atoms with Crippen molar-refractivity contribution in [3.63, 3.8) is 0 Å². The molecule has 2 heterocycles. The summed E-state index contributed by atoms with van der Waals surface area (Å²) in [5, 5.41) is 0. The van der Waals surface area contributed by atoms with Crippen molar-refractivity contribution in [2.75, 3.05) is 30.8 Å². The Balaban J connectivity index is 2.22. The Labute approximate surface area is 88.5 Å². The summed E-state index contributed by atoms with van der Waals surface area (Å²) < 4.78 is 4.97. The zero-order chi connectivity index (χ0) is 10.7. The lowest BCUT2D eigenvalue weighted by Crippen LogP contribution is -2.22. The van der Waals surface area contributed by atoms with E-state index in [-0.39, 0.29) is 5.95 Å². The summed E-state index contributed by atoms with van der Waals surface area (Å²) in [5.41, 5.74) is 5.61. The van der Waals surface area contributed by atoms with E-state index in [9.17, 15) is 0 Å². The molecule has 0 bridgehead atoms. The average molecular weight is 209 g/mol. The maximum atomic E-state index is 5.61. The van der Waals surface area contributed by atoms with Crippen molar-refractivity contribution in [3.05, 3.63) is 5.82 Å². The highest BCUT2D eigenvalue weighted by Gasteiger charge is 2.16. The topological polar surface area (TPSA) is 77.2 Å². The normalized spacial score (nSPS) is 15.9. The number of nitrogen functional groups attached to an aromatic ring is 1. The van der Waals surface area contributed by atoms with Crippen LogP contribution in [0.4, 0.5) is 11.9 Å². The van der Waals surface area contributed by atoms with E-state index < -0.39 is 0 Å². The maximum Gasteiger partial charge on any atom is 0.230 e. The molecule has 0 aliphatic carbocycles. The molecule has 2 rings (SSSR count). The Morgan fingerprint density at radius 3 is 2.67 bits per heavy atom. The number of ether oxygens (including phenoxy) is 1. The lowest BCUT2D eigenvalue weighted by Gasteiger charge is -2.15. The molecule has 0 saturated carbocycles. The van der Waals surface area contributed by atoms with E-state index in [0.717, 1.165) is 13.1 Å². The molecule has 0 atom stereocenters. The van der Waals surface area contributed by atoms with Crippen LogP contribution in [0.15, 0.2) is 0 Å². The van der Waals surface area contributed by atoms with Crippen molar-refractivity contribution in [2.45, 2.75) is 19.4 Å². The third-order valence-corrected chi connectivity index (χ3v) is 2.35. The van der Waals surface area contributed by atoms with Gasteiger partial charge in [-0.1, -0.05) is 0 Å². The Morgan fingerprint density at radius 1 is 1.27 bits per heavy atom. The van der Waals surface area contributed by atoms with Crippen molar-refractivity contribution in [1.29, 1.82) is 0 Å². The van der Waals surface area contributed by atoms with Crippen LogP contribution in [0.5, 0.6) is 0 Å². The summed E-state index contributed by atoms with van der Waals surface area (Å²) in [6, 6.07) is 0. The standard InChI is InChI=1S/C9H15N5O/c1-15-6-7-11-8(10)13-9(12-7)14-4-2-3-5-14/h2-6H2,1H3,(H2,10,11,12,13). The second-order valence-electron chi connectivity index (χ2n) is 3.54. The number of methoxy groups -OCH3 is 1. The smallest absolute Gasteiger partial charge is 0.230 e. The largest absolute Gasteiger partial charge is 0.377 e. The second kappa shape index (κ2) is 4.39. The summed E-state index contributed by atoms with van der Waals surface area (Å²) in [6.07, 6.45) is 2.37. The third kappa shape index (κ3) is 2.33. The first kappa shape index (κ1) is 10.1. The van der Waals surface area contributed by atoms with Crippen molar-refractivity contribution in [2.24, 2.45) is 0 Å². The van der Waals surface area contributed by atoms with Crippen LogP contribution in [-0.2, 0) is 11.3 Å². The highest BCUT2D eigenvalue weighted by Crippen LogP contribution is 2.16. The molecule has 1 saturated heterocycles. The lowest BCUT2D eigenvalue weighted by molar-refractivity contribution is 0.177. The molecular formula is C9H15N5O. The highest BCUT2D eigenvalue weighted by atomic mass is 16.5. The molecule has 0 radical (unpaired) electrons. The van der Waals surface area contributed by atoms with E-state index in [1.807, 2.05) is 0 Å². The van der Waals surface area contributed by atoms with Gasteiger partial charge in [-0.05, 0) is 12.8 Å². The molecule has 1 fully saturated rings. The first-order chi connectivity index (χ1) is 7.29. The predicted octanol–water partition coefficient (Wildman–Crippen LogP) is 0.200. The summed E-state index contributed by atoms with van der Waals surface area (Å²) in [7, 11) is 1.61. The van der Waals surface area contributed by atoms with Crippen LogP contribution in [0.25, 0.3) is 0 Å². The van der Waals surface area contributed by atoms with Gasteiger partial charge in [0.25, 0.3) is 0 Å². The minimum atomic E-state index is 0.263. The van der Waals surface area contributed by atoms with Gasteiger partial charge in [-0.3, -0.25) is 0 Å². The molecule has 0 unspecified atom stereocenters. The molecule has 0 aromatic carbocycles. The quantitative estimate of drug-likeness (QED) is 0.766. The molecular weight excluding hydrogens is 194 g/mol. The predicted molar refractivity (Wildman–Crippen MR) is 56.4 cm³/mol. The fourth-order valence-corrected chi connectivity index (χ4v) is 1.68. The van der Waals surface area contributed by atoms with Gasteiger partial charge in [-0.2, -0.15) is 15.0 Å². The highest BCUT2D eigenvalue weighted by molar-refractivity contribution is 5.35. The van der Waals surface area contributed by atoms with Gasteiger partial charge in [0.15, 0.2) is 5.82 Å². The van der Waals surface area contributed by atoms with Crippen LogP contribution in [0.3, 0.4) is 0 Å². The molecule has 1 aromatic heterocycles. The number of nitrogens with two attached hydrogens (primary N) is 1. The van der Waals surface area contributed by atoms with Crippen molar-refractivity contribution < 1.29 is 4.74 Å². The number of hydrogen-bond acceptors (Lipinski definition) is 6. The van der Waals surface area contributed by atoms with Crippen molar-refractivity contribution in [3.8, 4) is 0 Å². The second-order valence-corrected chi connectivity index (χ2v) is 3.54. The van der Waals surface area contributed by atoms with Crippen LogP contribution < -0.4 is 10.6 Å². The molecule has 6 heteroatoms. The zero-order valence-corrected chi connectivity index (χ0v) is 8.81. The molecule has 0 amide bonds. The first-order valence-electron chi connectivity index (χ1n) is 5.04. The van der Waals surface area contributed by atoms with Crippen LogP contribution in [0.1, 0.15) is 18.7 Å². The van der Waals surface area contributed by atoms with E-state index >= 15 is 0 Å². The van der Waals surface area contributed by atoms with Gasteiger partial charge >= 0.3 is 0 Å². The molecule has 0 spiro atoms. The van der Waals surface area contributed by atoms with E-state index in [1.54, 1.807) is 7.11 Å². The van der Waals surface area contributed by atoms with Crippen molar-refractivity contribution in [1.82, 2.24) is 15.0 Å². The molecule has 2 N–H and O–H groups in total. The molecule has 1 aliphatic rings. The van der Waals surface area contributed by atoms with Crippen LogP contribution in [0.2, 0.25) is 0 Å². The maximum absolute atomic E-state index is 5.61. The van der Waals surface area contributed by atoms with Crippen molar-refractivity contribution >= 4 is 11.9 Å². The monoisotopic (exact) mass is 209 g/mol. The first-order valence-corrected chi connectivity index (χ1v) is 5.04. The number of anilines is 2. The number of hydrogen-bond donors (Lipinski definition) is 1. The number of nitrogens with zero attached hydrogens (tertiary/aromatic N) is 4. The van der Waals surface area contributed by atoms with Gasteiger partial charge in [-0.25, -0.2) is 0 Å². The summed E-state index contributed by atoms with van der Waals surface area (Å²) >= 11 is 0. The average Bonchev–Trinajstić information content (AvgIpc) is 2.70. The minimum absolute atomic E-state index is 0.263. The van der Waals surface area contributed by atoms with Gasteiger partial charge in [-0.15, -0.1) is 0 Å².